The van der Waals surface area contributed by atoms with Crippen molar-refractivity contribution in [2.75, 3.05) is 26.9 Å². The van der Waals surface area contributed by atoms with Crippen LogP contribution in [-0.4, -0.2) is 26.9 Å². The number of methoxy groups -OCH3 is 1. The second-order valence-electron chi connectivity index (χ2n) is 4.12. The van der Waals surface area contributed by atoms with Crippen molar-refractivity contribution < 1.29 is 13.9 Å². The van der Waals surface area contributed by atoms with E-state index in [0.717, 1.165) is 30.7 Å². The van der Waals surface area contributed by atoms with Crippen molar-refractivity contribution in [3.05, 3.63) is 29.6 Å². The van der Waals surface area contributed by atoms with Gasteiger partial charge in [-0.2, -0.15) is 0 Å². The quantitative estimate of drug-likeness (QED) is 0.688. The van der Waals surface area contributed by atoms with E-state index < -0.39 is 0 Å². The van der Waals surface area contributed by atoms with E-state index in [1.165, 1.54) is 12.1 Å². The summed E-state index contributed by atoms with van der Waals surface area (Å²) < 4.78 is 23.8. The van der Waals surface area contributed by atoms with Gasteiger partial charge >= 0.3 is 0 Å². The Morgan fingerprint density at radius 2 is 2.11 bits per heavy atom. The van der Waals surface area contributed by atoms with Crippen LogP contribution in [0.5, 0.6) is 5.75 Å². The molecule has 0 radical (unpaired) electrons. The number of benzene rings is 1. The lowest BCUT2D eigenvalue weighted by atomic mass is 10.2. The molecule has 0 saturated heterocycles. The van der Waals surface area contributed by atoms with E-state index in [9.17, 15) is 4.39 Å². The van der Waals surface area contributed by atoms with Gasteiger partial charge in [-0.15, -0.1) is 0 Å². The van der Waals surface area contributed by atoms with Crippen LogP contribution in [0, 0.1) is 5.82 Å². The van der Waals surface area contributed by atoms with Crippen molar-refractivity contribution in [3.63, 3.8) is 0 Å². The largest absolute Gasteiger partial charge is 0.493 e. The second-order valence-corrected chi connectivity index (χ2v) is 4.12. The van der Waals surface area contributed by atoms with Crippen molar-refractivity contribution in [1.82, 2.24) is 5.32 Å². The van der Waals surface area contributed by atoms with Gasteiger partial charge in [0, 0.05) is 32.2 Å². The molecule has 0 saturated carbocycles. The summed E-state index contributed by atoms with van der Waals surface area (Å²) in [6, 6.07) is 4.63. The van der Waals surface area contributed by atoms with E-state index in [4.69, 9.17) is 9.47 Å². The first-order valence-electron chi connectivity index (χ1n) is 6.38. The minimum Gasteiger partial charge on any atom is -0.493 e. The van der Waals surface area contributed by atoms with Crippen LogP contribution in [0.3, 0.4) is 0 Å². The molecule has 0 heterocycles. The maximum absolute atomic E-state index is 13.2. The van der Waals surface area contributed by atoms with Crippen LogP contribution < -0.4 is 10.1 Å². The smallest absolute Gasteiger partial charge is 0.123 e. The zero-order valence-corrected chi connectivity index (χ0v) is 11.2. The molecular formula is C14H22FNO2. The van der Waals surface area contributed by atoms with E-state index >= 15 is 0 Å². The number of hydrogen-bond acceptors (Lipinski definition) is 3. The highest BCUT2D eigenvalue weighted by Crippen LogP contribution is 2.19. The molecule has 0 amide bonds. The summed E-state index contributed by atoms with van der Waals surface area (Å²) in [4.78, 5) is 0. The van der Waals surface area contributed by atoms with Crippen LogP contribution in [-0.2, 0) is 11.3 Å². The first-order chi connectivity index (χ1) is 8.77. The molecule has 1 rings (SSSR count). The van der Waals surface area contributed by atoms with Gasteiger partial charge in [0.1, 0.15) is 11.6 Å². The SMILES string of the molecule is CCCNCc1cc(F)ccc1OCCCOC. The van der Waals surface area contributed by atoms with Gasteiger partial charge in [-0.05, 0) is 31.2 Å². The van der Waals surface area contributed by atoms with Gasteiger partial charge in [0.15, 0.2) is 0 Å². The van der Waals surface area contributed by atoms with Gasteiger partial charge in [-0.25, -0.2) is 4.39 Å². The van der Waals surface area contributed by atoms with Gasteiger partial charge in [0.2, 0.25) is 0 Å². The molecule has 0 fully saturated rings. The molecular weight excluding hydrogens is 233 g/mol. The fraction of sp³-hybridized carbons (Fsp3) is 0.571. The van der Waals surface area contributed by atoms with Crippen LogP contribution >= 0.6 is 0 Å². The molecule has 0 aromatic heterocycles. The van der Waals surface area contributed by atoms with Gasteiger partial charge in [0.05, 0.1) is 6.61 Å². The van der Waals surface area contributed by atoms with Gasteiger partial charge in [-0.3, -0.25) is 0 Å². The number of hydrogen-bond donors (Lipinski definition) is 1. The third-order valence-electron chi connectivity index (χ3n) is 2.52. The summed E-state index contributed by atoms with van der Waals surface area (Å²) >= 11 is 0. The summed E-state index contributed by atoms with van der Waals surface area (Å²) in [5.41, 5.74) is 0.862. The Kier molecular flexibility index (Phi) is 7.37. The Bertz CT molecular complexity index is 345. The Labute approximate surface area is 108 Å². The molecule has 0 aliphatic rings. The third-order valence-corrected chi connectivity index (χ3v) is 2.52. The van der Waals surface area contributed by atoms with E-state index in [0.29, 0.717) is 19.8 Å². The second kappa shape index (κ2) is 8.89. The van der Waals surface area contributed by atoms with E-state index in [-0.39, 0.29) is 5.82 Å². The summed E-state index contributed by atoms with van der Waals surface area (Å²) in [7, 11) is 1.66. The van der Waals surface area contributed by atoms with Crippen molar-refractivity contribution >= 4 is 0 Å². The van der Waals surface area contributed by atoms with Crippen LogP contribution in [0.25, 0.3) is 0 Å². The van der Waals surface area contributed by atoms with Crippen molar-refractivity contribution in [1.29, 1.82) is 0 Å². The van der Waals surface area contributed by atoms with Gasteiger partial charge in [0.25, 0.3) is 0 Å². The third kappa shape index (κ3) is 5.47. The molecule has 102 valence electrons. The van der Waals surface area contributed by atoms with E-state index in [1.807, 2.05) is 0 Å². The lowest BCUT2D eigenvalue weighted by Gasteiger charge is -2.12. The average molecular weight is 255 g/mol. The Morgan fingerprint density at radius 3 is 2.83 bits per heavy atom. The highest BCUT2D eigenvalue weighted by atomic mass is 19.1. The summed E-state index contributed by atoms with van der Waals surface area (Å²) in [5, 5.41) is 3.25. The molecule has 1 N–H and O–H groups in total. The number of nitrogens with one attached hydrogen (secondary N) is 1. The molecule has 0 atom stereocenters. The predicted octanol–water partition coefficient (Wildman–Crippen LogP) is 2.74. The average Bonchev–Trinajstić information content (AvgIpc) is 2.37. The zero-order chi connectivity index (χ0) is 13.2. The lowest BCUT2D eigenvalue weighted by molar-refractivity contribution is 0.171. The zero-order valence-electron chi connectivity index (χ0n) is 11.2. The molecule has 0 aliphatic carbocycles. The molecule has 0 spiro atoms. The van der Waals surface area contributed by atoms with Crippen LogP contribution in [0.4, 0.5) is 4.39 Å². The minimum atomic E-state index is -0.229. The summed E-state index contributed by atoms with van der Waals surface area (Å²) in [6.45, 7) is 4.90. The number of halogens is 1. The Morgan fingerprint density at radius 1 is 1.28 bits per heavy atom. The normalized spacial score (nSPS) is 10.6. The summed E-state index contributed by atoms with van der Waals surface area (Å²) in [6.07, 6.45) is 1.88. The highest BCUT2D eigenvalue weighted by molar-refractivity contribution is 5.33. The Hall–Kier alpha value is -1.13. The maximum atomic E-state index is 13.2. The molecule has 0 unspecified atom stereocenters. The lowest BCUT2D eigenvalue weighted by Crippen LogP contribution is -2.15. The fourth-order valence-corrected chi connectivity index (χ4v) is 1.61. The molecule has 4 heteroatoms. The predicted molar refractivity (Wildman–Crippen MR) is 70.4 cm³/mol. The molecule has 0 bridgehead atoms. The topological polar surface area (TPSA) is 30.5 Å². The van der Waals surface area contributed by atoms with E-state index in [1.54, 1.807) is 13.2 Å². The molecule has 0 aliphatic heterocycles. The minimum absolute atomic E-state index is 0.229. The van der Waals surface area contributed by atoms with Crippen molar-refractivity contribution in [3.8, 4) is 5.75 Å². The van der Waals surface area contributed by atoms with Gasteiger partial charge < -0.3 is 14.8 Å². The number of rotatable bonds is 9. The number of ether oxygens (including phenoxy) is 2. The highest BCUT2D eigenvalue weighted by Gasteiger charge is 2.05. The van der Waals surface area contributed by atoms with Crippen LogP contribution in [0.1, 0.15) is 25.3 Å². The fourth-order valence-electron chi connectivity index (χ4n) is 1.61. The Balaban J connectivity index is 2.52. The van der Waals surface area contributed by atoms with Crippen molar-refractivity contribution in [2.45, 2.75) is 26.3 Å². The molecule has 1 aromatic carbocycles. The molecule has 3 nitrogen and oxygen atoms in total. The van der Waals surface area contributed by atoms with Crippen LogP contribution in [0.2, 0.25) is 0 Å². The molecule has 18 heavy (non-hydrogen) atoms. The first-order valence-corrected chi connectivity index (χ1v) is 6.38. The van der Waals surface area contributed by atoms with E-state index in [2.05, 4.69) is 12.2 Å². The van der Waals surface area contributed by atoms with Crippen molar-refractivity contribution in [2.24, 2.45) is 0 Å². The summed E-state index contributed by atoms with van der Waals surface area (Å²) in [5.74, 6) is 0.517. The first kappa shape index (κ1) is 14.9. The standard InChI is InChI=1S/C14H22FNO2/c1-3-7-16-11-12-10-13(15)5-6-14(12)18-9-4-8-17-2/h5-6,10,16H,3-4,7-9,11H2,1-2H3. The van der Waals surface area contributed by atoms with Gasteiger partial charge in [-0.1, -0.05) is 6.92 Å². The van der Waals surface area contributed by atoms with Crippen LogP contribution in [0.15, 0.2) is 18.2 Å². The molecule has 1 aromatic rings. The monoisotopic (exact) mass is 255 g/mol. The maximum Gasteiger partial charge on any atom is 0.123 e.